The van der Waals surface area contributed by atoms with E-state index in [0.29, 0.717) is 24.2 Å². The maximum absolute atomic E-state index is 12.5. The lowest BCUT2D eigenvalue weighted by Crippen LogP contribution is -2.40. The van der Waals surface area contributed by atoms with Gasteiger partial charge in [-0.3, -0.25) is 0 Å². The van der Waals surface area contributed by atoms with Gasteiger partial charge in [0, 0.05) is 5.92 Å². The Hall–Kier alpha value is -1.59. The number of hydrogen-bond acceptors (Lipinski definition) is 5. The van der Waals surface area contributed by atoms with Crippen LogP contribution in [0.1, 0.15) is 50.4 Å². The number of carbonyl (C=O) groups excluding carboxylic acids is 1. The largest absolute Gasteiger partial charge is 0.491 e. The Morgan fingerprint density at radius 3 is 2.68 bits per heavy atom. The Bertz CT molecular complexity index is 649. The van der Waals surface area contributed by atoms with Crippen molar-refractivity contribution in [2.75, 3.05) is 13.2 Å². The molecule has 1 aromatic carbocycles. The van der Waals surface area contributed by atoms with Gasteiger partial charge >= 0.3 is 5.97 Å². The van der Waals surface area contributed by atoms with Gasteiger partial charge in [0.1, 0.15) is 24.1 Å². The Morgan fingerprint density at radius 2 is 2.04 bits per heavy atom. The zero-order valence-corrected chi connectivity index (χ0v) is 15.1. The van der Waals surface area contributed by atoms with E-state index in [9.17, 15) is 4.79 Å². The van der Waals surface area contributed by atoms with Crippen LogP contribution in [0.2, 0.25) is 0 Å². The normalized spacial score (nSPS) is 33.3. The van der Waals surface area contributed by atoms with Crippen LogP contribution in [0.25, 0.3) is 0 Å². The van der Waals surface area contributed by atoms with Crippen LogP contribution in [0.5, 0.6) is 5.75 Å². The molecule has 0 N–H and O–H groups in total. The van der Waals surface area contributed by atoms with Crippen molar-refractivity contribution in [3.05, 3.63) is 29.8 Å². The van der Waals surface area contributed by atoms with E-state index in [1.54, 1.807) is 24.3 Å². The first-order chi connectivity index (χ1) is 11.9. The second-order valence-electron chi connectivity index (χ2n) is 8.17. The molecule has 0 spiro atoms. The predicted octanol–water partition coefficient (Wildman–Crippen LogP) is 3.36. The highest BCUT2D eigenvalue weighted by Gasteiger charge is 2.57. The van der Waals surface area contributed by atoms with Gasteiger partial charge in [-0.1, -0.05) is 0 Å². The molecular weight excluding hydrogens is 320 g/mol. The third-order valence-corrected chi connectivity index (χ3v) is 5.79. The summed E-state index contributed by atoms with van der Waals surface area (Å²) in [5, 5.41) is 0. The highest BCUT2D eigenvalue weighted by atomic mass is 16.6. The zero-order valence-electron chi connectivity index (χ0n) is 15.1. The summed E-state index contributed by atoms with van der Waals surface area (Å²) in [6, 6.07) is 7.11. The first-order valence-corrected chi connectivity index (χ1v) is 9.11. The molecule has 5 nitrogen and oxygen atoms in total. The van der Waals surface area contributed by atoms with Crippen LogP contribution < -0.4 is 4.74 Å². The van der Waals surface area contributed by atoms with Gasteiger partial charge in [-0.25, -0.2) is 4.79 Å². The lowest BCUT2D eigenvalue weighted by Gasteiger charge is -2.36. The predicted molar refractivity (Wildman–Crippen MR) is 91.8 cm³/mol. The number of esters is 1. The number of benzene rings is 1. The van der Waals surface area contributed by atoms with Gasteiger partial charge in [-0.15, -0.1) is 0 Å². The minimum absolute atomic E-state index is 0.0813. The topological polar surface area (TPSA) is 60.6 Å². The van der Waals surface area contributed by atoms with Crippen molar-refractivity contribution in [1.29, 1.82) is 0 Å². The fourth-order valence-electron chi connectivity index (χ4n) is 3.70. The molecule has 4 rings (SSSR count). The summed E-state index contributed by atoms with van der Waals surface area (Å²) in [4.78, 5) is 12.5. The van der Waals surface area contributed by atoms with Gasteiger partial charge in [-0.2, -0.15) is 0 Å². The van der Waals surface area contributed by atoms with Gasteiger partial charge in [0.25, 0.3) is 0 Å². The van der Waals surface area contributed by atoms with E-state index in [1.807, 2.05) is 13.8 Å². The average molecular weight is 346 g/mol. The number of epoxide rings is 2. The summed E-state index contributed by atoms with van der Waals surface area (Å²) in [5.41, 5.74) is 0.132. The molecule has 4 unspecified atom stereocenters. The average Bonchev–Trinajstić information content (AvgIpc) is 3.47. The van der Waals surface area contributed by atoms with Gasteiger partial charge in [0.2, 0.25) is 0 Å². The summed E-state index contributed by atoms with van der Waals surface area (Å²) in [6.07, 6.45) is 3.59. The Balaban J connectivity index is 1.33. The van der Waals surface area contributed by atoms with Crippen molar-refractivity contribution in [2.24, 2.45) is 5.92 Å². The third-order valence-electron chi connectivity index (χ3n) is 5.79. The minimum atomic E-state index is -0.497. The molecule has 2 aliphatic heterocycles. The van der Waals surface area contributed by atoms with Crippen LogP contribution in [-0.2, 0) is 14.2 Å². The number of ether oxygens (including phenoxy) is 4. The van der Waals surface area contributed by atoms with Gasteiger partial charge in [0.05, 0.1) is 23.9 Å². The van der Waals surface area contributed by atoms with Crippen LogP contribution in [0.4, 0.5) is 0 Å². The smallest absolute Gasteiger partial charge is 0.338 e. The van der Waals surface area contributed by atoms with Crippen LogP contribution in [0.3, 0.4) is 0 Å². The van der Waals surface area contributed by atoms with Crippen LogP contribution in [0.15, 0.2) is 24.3 Å². The summed E-state index contributed by atoms with van der Waals surface area (Å²) < 4.78 is 22.3. The fraction of sp³-hybridized carbons (Fsp3) is 0.650. The van der Waals surface area contributed by atoms with E-state index in [2.05, 4.69) is 6.92 Å². The summed E-state index contributed by atoms with van der Waals surface area (Å²) in [7, 11) is 0. The molecule has 0 radical (unpaired) electrons. The summed E-state index contributed by atoms with van der Waals surface area (Å²) >= 11 is 0. The molecule has 1 saturated carbocycles. The molecule has 1 aromatic rings. The van der Waals surface area contributed by atoms with Gasteiger partial charge in [0.15, 0.2) is 0 Å². The number of fused-ring (bicyclic) bond motifs is 1. The molecular formula is C20H26O5. The first-order valence-electron chi connectivity index (χ1n) is 9.11. The van der Waals surface area contributed by atoms with Crippen molar-refractivity contribution in [2.45, 2.75) is 63.4 Å². The Morgan fingerprint density at radius 1 is 1.32 bits per heavy atom. The van der Waals surface area contributed by atoms with Crippen molar-refractivity contribution in [3.63, 3.8) is 0 Å². The highest BCUT2D eigenvalue weighted by molar-refractivity contribution is 5.89. The molecule has 0 aromatic heterocycles. The maximum Gasteiger partial charge on any atom is 0.338 e. The molecule has 3 aliphatic rings. The molecule has 4 atom stereocenters. The molecule has 3 fully saturated rings. The van der Waals surface area contributed by atoms with Crippen molar-refractivity contribution < 1.29 is 23.7 Å². The lowest BCUT2D eigenvalue weighted by atomic mass is 9.75. The van der Waals surface area contributed by atoms with E-state index >= 15 is 0 Å². The molecule has 0 bridgehead atoms. The standard InChI is InChI=1S/C20H26O5/c1-19(2,14-8-9-20(3)17(10-14)24-20)25-18(21)13-4-6-15(7-5-13)22-11-16-12-23-16/h4-7,14,16-17H,8-12H2,1-3H3. The van der Waals surface area contributed by atoms with Gasteiger partial charge < -0.3 is 18.9 Å². The molecule has 136 valence electrons. The van der Waals surface area contributed by atoms with Crippen molar-refractivity contribution in [1.82, 2.24) is 0 Å². The molecule has 2 heterocycles. The van der Waals surface area contributed by atoms with Crippen molar-refractivity contribution >= 4 is 5.97 Å². The quantitative estimate of drug-likeness (QED) is 0.584. The summed E-state index contributed by atoms with van der Waals surface area (Å²) in [5.74, 6) is 0.786. The van der Waals surface area contributed by atoms with E-state index in [-0.39, 0.29) is 17.7 Å². The molecule has 25 heavy (non-hydrogen) atoms. The summed E-state index contributed by atoms with van der Waals surface area (Å²) in [6.45, 7) is 7.51. The molecule has 0 amide bonds. The Kier molecular flexibility index (Phi) is 4.04. The number of carbonyl (C=O) groups is 1. The first kappa shape index (κ1) is 16.9. The third kappa shape index (κ3) is 3.67. The zero-order chi connectivity index (χ0) is 17.7. The lowest BCUT2D eigenvalue weighted by molar-refractivity contribution is -0.0378. The highest BCUT2D eigenvalue weighted by Crippen LogP contribution is 2.51. The second kappa shape index (κ2) is 5.99. The van der Waals surface area contributed by atoms with Gasteiger partial charge in [-0.05, 0) is 64.3 Å². The van der Waals surface area contributed by atoms with E-state index in [4.69, 9.17) is 18.9 Å². The molecule has 2 saturated heterocycles. The Labute approximate surface area is 148 Å². The fourth-order valence-corrected chi connectivity index (χ4v) is 3.70. The van der Waals surface area contributed by atoms with E-state index in [1.165, 1.54) is 0 Å². The maximum atomic E-state index is 12.5. The second-order valence-corrected chi connectivity index (χ2v) is 8.17. The van der Waals surface area contributed by atoms with E-state index < -0.39 is 5.60 Å². The monoisotopic (exact) mass is 346 g/mol. The van der Waals surface area contributed by atoms with Crippen LogP contribution >= 0.6 is 0 Å². The van der Waals surface area contributed by atoms with Crippen LogP contribution in [-0.4, -0.2) is 42.6 Å². The molecule has 1 aliphatic carbocycles. The van der Waals surface area contributed by atoms with Crippen LogP contribution in [0, 0.1) is 5.92 Å². The molecule has 5 heteroatoms. The SMILES string of the molecule is CC(C)(OC(=O)c1ccc(OCC2CO2)cc1)C1CCC2(C)OC2C1. The minimum Gasteiger partial charge on any atom is -0.491 e. The number of hydrogen-bond donors (Lipinski definition) is 0. The number of rotatable bonds is 6. The van der Waals surface area contributed by atoms with E-state index in [0.717, 1.165) is 31.6 Å². The van der Waals surface area contributed by atoms with Crippen molar-refractivity contribution in [3.8, 4) is 5.75 Å².